The molecule has 9 heteroatoms. The Morgan fingerprint density at radius 1 is 0.969 bits per heavy atom. The highest BCUT2D eigenvalue weighted by Crippen LogP contribution is 2.31. The number of hydrogen-bond donors (Lipinski definition) is 2. The zero-order chi connectivity index (χ0) is 22.3. The number of pyridine rings is 1. The van der Waals surface area contributed by atoms with Crippen LogP contribution in [0, 0.1) is 0 Å². The molecule has 0 saturated heterocycles. The first-order chi connectivity index (χ1) is 15.4. The van der Waals surface area contributed by atoms with Crippen molar-refractivity contribution in [2.45, 2.75) is 19.1 Å². The molecule has 1 aliphatic rings. The van der Waals surface area contributed by atoms with Crippen molar-refractivity contribution in [3.8, 4) is 0 Å². The maximum Gasteiger partial charge on any atom is 0.416 e. The van der Waals surface area contributed by atoms with E-state index in [4.69, 9.17) is 0 Å². The van der Waals surface area contributed by atoms with E-state index in [1.165, 1.54) is 29.5 Å². The molecule has 0 unspecified atom stereocenters. The maximum absolute atomic E-state index is 12.9. The third kappa shape index (κ3) is 3.77. The number of hydrogen-bond acceptors (Lipinski definition) is 5. The molecule has 1 aliphatic heterocycles. The number of anilines is 3. The third-order valence-electron chi connectivity index (χ3n) is 5.50. The van der Waals surface area contributed by atoms with E-state index in [2.05, 4.69) is 32.4 Å². The van der Waals surface area contributed by atoms with Gasteiger partial charge in [-0.1, -0.05) is 24.3 Å². The van der Waals surface area contributed by atoms with Crippen LogP contribution in [0.2, 0.25) is 0 Å². The van der Waals surface area contributed by atoms with Crippen LogP contribution in [0.3, 0.4) is 0 Å². The number of aromatic nitrogens is 3. The van der Waals surface area contributed by atoms with Crippen molar-refractivity contribution in [3.05, 3.63) is 87.8 Å². The Morgan fingerprint density at radius 3 is 2.47 bits per heavy atom. The van der Waals surface area contributed by atoms with E-state index in [9.17, 15) is 18.0 Å². The zero-order valence-corrected chi connectivity index (χ0v) is 16.8. The van der Waals surface area contributed by atoms with Gasteiger partial charge in [0.1, 0.15) is 11.2 Å². The lowest BCUT2D eigenvalue weighted by Crippen LogP contribution is -2.32. The van der Waals surface area contributed by atoms with Crippen molar-refractivity contribution in [1.29, 1.82) is 0 Å². The Balaban J connectivity index is 1.54. The highest BCUT2D eigenvalue weighted by molar-refractivity contribution is 5.91. The van der Waals surface area contributed by atoms with Gasteiger partial charge in [-0.2, -0.15) is 18.2 Å². The second-order valence-electron chi connectivity index (χ2n) is 7.58. The number of nitrogens with one attached hydrogen (secondary N) is 2. The van der Waals surface area contributed by atoms with E-state index in [-0.39, 0.29) is 16.8 Å². The molecular formula is C23H18F3N5O. The number of alkyl halides is 3. The molecule has 0 spiro atoms. The Labute approximate surface area is 180 Å². The highest BCUT2D eigenvalue weighted by Gasteiger charge is 2.30. The van der Waals surface area contributed by atoms with Gasteiger partial charge in [-0.25, -0.2) is 4.98 Å². The van der Waals surface area contributed by atoms with Gasteiger partial charge in [0.25, 0.3) is 5.56 Å². The van der Waals surface area contributed by atoms with Gasteiger partial charge in [-0.3, -0.25) is 4.79 Å². The van der Waals surface area contributed by atoms with Crippen LogP contribution in [0.1, 0.15) is 16.7 Å². The van der Waals surface area contributed by atoms with Crippen molar-refractivity contribution in [1.82, 2.24) is 15.0 Å². The summed E-state index contributed by atoms with van der Waals surface area (Å²) in [5, 5.41) is 3.24. The molecule has 0 atom stereocenters. The van der Waals surface area contributed by atoms with Gasteiger partial charge in [0.05, 0.1) is 11.1 Å². The molecule has 32 heavy (non-hydrogen) atoms. The SMILES string of the molecule is O=c1[nH]ccc2nc(N3CCc4ccccc4C3)nc(Nc3ccc(C(F)(F)F)cc3)c12. The molecule has 4 aromatic rings. The summed E-state index contributed by atoms with van der Waals surface area (Å²) in [5.41, 5.74) is 2.17. The second-order valence-corrected chi connectivity index (χ2v) is 7.58. The molecule has 0 aliphatic carbocycles. The van der Waals surface area contributed by atoms with Crippen molar-refractivity contribution < 1.29 is 13.2 Å². The van der Waals surface area contributed by atoms with Crippen LogP contribution in [0.4, 0.5) is 30.6 Å². The number of benzene rings is 2. The van der Waals surface area contributed by atoms with Crippen LogP contribution in [0.5, 0.6) is 0 Å². The molecule has 0 amide bonds. The van der Waals surface area contributed by atoms with Crippen LogP contribution in [0.25, 0.3) is 10.9 Å². The lowest BCUT2D eigenvalue weighted by Gasteiger charge is -2.29. The molecule has 5 rings (SSSR count). The summed E-state index contributed by atoms with van der Waals surface area (Å²) in [4.78, 5) is 26.3. The van der Waals surface area contributed by atoms with E-state index in [1.807, 2.05) is 17.0 Å². The van der Waals surface area contributed by atoms with Gasteiger partial charge in [-0.05, 0) is 47.9 Å². The Kier molecular flexibility index (Phi) is 4.80. The van der Waals surface area contributed by atoms with Gasteiger partial charge in [-0.15, -0.1) is 0 Å². The fourth-order valence-corrected chi connectivity index (χ4v) is 3.86. The minimum absolute atomic E-state index is 0.241. The van der Waals surface area contributed by atoms with Gasteiger partial charge >= 0.3 is 6.18 Å². The van der Waals surface area contributed by atoms with Gasteiger partial charge < -0.3 is 15.2 Å². The summed E-state index contributed by atoms with van der Waals surface area (Å²) < 4.78 is 38.6. The maximum atomic E-state index is 12.9. The molecule has 0 radical (unpaired) electrons. The summed E-state index contributed by atoms with van der Waals surface area (Å²) in [6, 6.07) is 14.4. The summed E-state index contributed by atoms with van der Waals surface area (Å²) >= 11 is 0. The summed E-state index contributed by atoms with van der Waals surface area (Å²) in [6.07, 6.45) is -2.07. The molecule has 3 heterocycles. The molecule has 0 fully saturated rings. The lowest BCUT2D eigenvalue weighted by molar-refractivity contribution is -0.137. The fraction of sp³-hybridized carbons (Fsp3) is 0.174. The highest BCUT2D eigenvalue weighted by atomic mass is 19.4. The number of halogens is 3. The number of fused-ring (bicyclic) bond motifs is 2. The Bertz CT molecular complexity index is 1350. The minimum atomic E-state index is -4.42. The topological polar surface area (TPSA) is 73.9 Å². The molecule has 0 saturated carbocycles. The standard InChI is InChI=1S/C23H18F3N5O/c24-23(25,26)16-5-7-17(8-6-16)28-20-19-18(9-11-27-21(19)32)29-22(30-20)31-12-10-14-3-1-2-4-15(14)13-31/h1-9,11H,10,12-13H2,(H,27,32)(H,28,29,30). The van der Waals surface area contributed by atoms with Crippen LogP contribution in [-0.2, 0) is 19.1 Å². The first-order valence-corrected chi connectivity index (χ1v) is 10.0. The van der Waals surface area contributed by atoms with Crippen LogP contribution < -0.4 is 15.8 Å². The van der Waals surface area contributed by atoms with Crippen LogP contribution in [0.15, 0.2) is 65.6 Å². The average molecular weight is 437 g/mol. The van der Waals surface area contributed by atoms with Crippen molar-refractivity contribution >= 4 is 28.4 Å². The average Bonchev–Trinajstić information content (AvgIpc) is 2.78. The first-order valence-electron chi connectivity index (χ1n) is 10.0. The summed E-state index contributed by atoms with van der Waals surface area (Å²) in [7, 11) is 0. The number of aromatic amines is 1. The van der Waals surface area contributed by atoms with E-state index < -0.39 is 11.7 Å². The van der Waals surface area contributed by atoms with Gasteiger partial charge in [0.15, 0.2) is 0 Å². The monoisotopic (exact) mass is 437 g/mol. The number of H-pyrrole nitrogens is 1. The Morgan fingerprint density at radius 2 is 1.72 bits per heavy atom. The Hall–Kier alpha value is -3.88. The number of nitrogens with zero attached hydrogens (tertiary/aromatic N) is 3. The zero-order valence-electron chi connectivity index (χ0n) is 16.8. The molecule has 6 nitrogen and oxygen atoms in total. The molecule has 2 N–H and O–H groups in total. The van der Waals surface area contributed by atoms with E-state index >= 15 is 0 Å². The molecule has 2 aromatic carbocycles. The lowest BCUT2D eigenvalue weighted by atomic mass is 10.0. The van der Waals surface area contributed by atoms with Crippen molar-refractivity contribution in [2.75, 3.05) is 16.8 Å². The third-order valence-corrected chi connectivity index (χ3v) is 5.50. The molecule has 0 bridgehead atoms. The minimum Gasteiger partial charge on any atom is -0.339 e. The quantitative estimate of drug-likeness (QED) is 0.488. The first kappa shape index (κ1) is 20.0. The smallest absolute Gasteiger partial charge is 0.339 e. The van der Waals surface area contributed by atoms with E-state index in [0.29, 0.717) is 30.2 Å². The predicted molar refractivity (Wildman–Crippen MR) is 116 cm³/mol. The van der Waals surface area contributed by atoms with Gasteiger partial charge in [0.2, 0.25) is 5.95 Å². The number of rotatable bonds is 3. The van der Waals surface area contributed by atoms with E-state index in [0.717, 1.165) is 18.6 Å². The fourth-order valence-electron chi connectivity index (χ4n) is 3.86. The predicted octanol–water partition coefficient (Wildman–Crippen LogP) is 4.64. The van der Waals surface area contributed by atoms with Crippen molar-refractivity contribution in [3.63, 3.8) is 0 Å². The van der Waals surface area contributed by atoms with E-state index in [1.54, 1.807) is 6.07 Å². The summed E-state index contributed by atoms with van der Waals surface area (Å²) in [5.74, 6) is 0.692. The van der Waals surface area contributed by atoms with Crippen LogP contribution in [-0.4, -0.2) is 21.5 Å². The second kappa shape index (κ2) is 7.67. The van der Waals surface area contributed by atoms with Crippen molar-refractivity contribution in [2.24, 2.45) is 0 Å². The molecule has 2 aromatic heterocycles. The largest absolute Gasteiger partial charge is 0.416 e. The summed E-state index contributed by atoms with van der Waals surface area (Å²) in [6.45, 7) is 1.34. The normalized spacial score (nSPS) is 13.8. The van der Waals surface area contributed by atoms with Gasteiger partial charge in [0, 0.05) is 25.0 Å². The molecule has 162 valence electrons. The van der Waals surface area contributed by atoms with Crippen LogP contribution >= 0.6 is 0 Å². The molecular weight excluding hydrogens is 419 g/mol.